The molecule has 1 fully saturated rings. The Morgan fingerprint density at radius 3 is 2.95 bits per heavy atom. The van der Waals surface area contributed by atoms with E-state index in [0.717, 1.165) is 12.8 Å². The fraction of sp³-hybridized carbons (Fsp3) is 0.538. The molecule has 0 bridgehead atoms. The van der Waals surface area contributed by atoms with Crippen molar-refractivity contribution in [1.82, 2.24) is 4.98 Å². The Morgan fingerprint density at radius 2 is 2.37 bits per heavy atom. The van der Waals surface area contributed by atoms with Crippen LogP contribution in [0.1, 0.15) is 37.0 Å². The van der Waals surface area contributed by atoms with Gasteiger partial charge in [-0.25, -0.2) is 9.78 Å². The SMILES string of the molecule is CC1(C)CC(Nc2ncc(C(=O)O)cc2Cl)CCO1. The lowest BCUT2D eigenvalue weighted by Crippen LogP contribution is -2.40. The highest BCUT2D eigenvalue weighted by atomic mass is 35.5. The van der Waals surface area contributed by atoms with Gasteiger partial charge in [-0.05, 0) is 32.8 Å². The minimum atomic E-state index is -1.03. The molecule has 104 valence electrons. The van der Waals surface area contributed by atoms with E-state index in [1.54, 1.807) is 0 Å². The molecule has 1 atom stereocenters. The highest BCUT2D eigenvalue weighted by molar-refractivity contribution is 6.33. The van der Waals surface area contributed by atoms with Gasteiger partial charge in [0.2, 0.25) is 0 Å². The molecule has 19 heavy (non-hydrogen) atoms. The third-order valence-electron chi connectivity index (χ3n) is 3.13. The molecule has 1 aromatic heterocycles. The molecule has 0 saturated carbocycles. The van der Waals surface area contributed by atoms with Crippen LogP contribution in [0.4, 0.5) is 5.82 Å². The van der Waals surface area contributed by atoms with Crippen LogP contribution in [0.15, 0.2) is 12.3 Å². The quantitative estimate of drug-likeness (QED) is 0.893. The molecule has 1 aromatic rings. The van der Waals surface area contributed by atoms with Gasteiger partial charge in [0.1, 0.15) is 5.82 Å². The fourth-order valence-corrected chi connectivity index (χ4v) is 2.43. The summed E-state index contributed by atoms with van der Waals surface area (Å²) in [5, 5.41) is 12.4. The van der Waals surface area contributed by atoms with Crippen LogP contribution in [0.3, 0.4) is 0 Å². The Labute approximate surface area is 116 Å². The number of halogens is 1. The van der Waals surface area contributed by atoms with E-state index in [0.29, 0.717) is 17.4 Å². The van der Waals surface area contributed by atoms with Gasteiger partial charge in [0.15, 0.2) is 0 Å². The number of nitrogens with zero attached hydrogens (tertiary/aromatic N) is 1. The lowest BCUT2D eigenvalue weighted by Gasteiger charge is -2.36. The third kappa shape index (κ3) is 3.58. The lowest BCUT2D eigenvalue weighted by molar-refractivity contribution is -0.0553. The Balaban J connectivity index is 2.09. The number of carboxylic acids is 1. The number of carbonyl (C=O) groups is 1. The summed E-state index contributed by atoms with van der Waals surface area (Å²) in [6.45, 7) is 4.78. The van der Waals surface area contributed by atoms with Crippen molar-refractivity contribution in [3.8, 4) is 0 Å². The molecule has 5 nitrogen and oxygen atoms in total. The second-order valence-electron chi connectivity index (χ2n) is 5.30. The number of carboxylic acid groups (broad SMARTS) is 1. The first kappa shape index (κ1) is 14.1. The molecule has 2 rings (SSSR count). The fourth-order valence-electron chi connectivity index (χ4n) is 2.21. The van der Waals surface area contributed by atoms with E-state index in [9.17, 15) is 4.79 Å². The first-order valence-corrected chi connectivity index (χ1v) is 6.54. The zero-order valence-electron chi connectivity index (χ0n) is 10.9. The molecule has 1 aliphatic rings. The zero-order valence-corrected chi connectivity index (χ0v) is 11.7. The van der Waals surface area contributed by atoms with Gasteiger partial charge in [-0.2, -0.15) is 0 Å². The van der Waals surface area contributed by atoms with E-state index in [1.807, 2.05) is 13.8 Å². The van der Waals surface area contributed by atoms with Crippen LogP contribution in [0.5, 0.6) is 0 Å². The Morgan fingerprint density at radius 1 is 1.63 bits per heavy atom. The average Bonchev–Trinajstić information content (AvgIpc) is 2.30. The number of pyridine rings is 1. The molecular weight excluding hydrogens is 268 g/mol. The van der Waals surface area contributed by atoms with Gasteiger partial charge in [0, 0.05) is 18.8 Å². The lowest BCUT2D eigenvalue weighted by atomic mass is 9.94. The maximum Gasteiger partial charge on any atom is 0.337 e. The smallest absolute Gasteiger partial charge is 0.337 e. The number of ether oxygens (including phenoxy) is 1. The Kier molecular flexibility index (Phi) is 3.96. The number of aromatic carboxylic acids is 1. The molecule has 2 heterocycles. The maximum atomic E-state index is 10.8. The normalized spacial score (nSPS) is 21.9. The molecule has 1 aliphatic heterocycles. The predicted molar refractivity (Wildman–Crippen MR) is 72.9 cm³/mol. The van der Waals surface area contributed by atoms with Crippen LogP contribution in [0, 0.1) is 0 Å². The number of rotatable bonds is 3. The topological polar surface area (TPSA) is 71.5 Å². The largest absolute Gasteiger partial charge is 0.478 e. The highest BCUT2D eigenvalue weighted by Crippen LogP contribution is 2.28. The van der Waals surface area contributed by atoms with Crippen molar-refractivity contribution >= 4 is 23.4 Å². The number of hydrogen-bond acceptors (Lipinski definition) is 4. The van der Waals surface area contributed by atoms with Crippen molar-refractivity contribution in [3.05, 3.63) is 22.8 Å². The second kappa shape index (κ2) is 5.35. The van der Waals surface area contributed by atoms with Crippen molar-refractivity contribution in [1.29, 1.82) is 0 Å². The second-order valence-corrected chi connectivity index (χ2v) is 5.71. The summed E-state index contributed by atoms with van der Waals surface area (Å²) >= 11 is 6.04. The third-order valence-corrected chi connectivity index (χ3v) is 3.41. The van der Waals surface area contributed by atoms with Crippen molar-refractivity contribution in [2.75, 3.05) is 11.9 Å². The summed E-state index contributed by atoms with van der Waals surface area (Å²) < 4.78 is 5.64. The van der Waals surface area contributed by atoms with Gasteiger partial charge in [-0.3, -0.25) is 0 Å². The number of aromatic nitrogens is 1. The van der Waals surface area contributed by atoms with E-state index >= 15 is 0 Å². The molecule has 1 saturated heterocycles. The molecule has 0 amide bonds. The first-order valence-electron chi connectivity index (χ1n) is 6.17. The van der Waals surface area contributed by atoms with Crippen LogP contribution < -0.4 is 5.32 Å². The monoisotopic (exact) mass is 284 g/mol. The minimum Gasteiger partial charge on any atom is -0.478 e. The van der Waals surface area contributed by atoms with E-state index in [4.69, 9.17) is 21.4 Å². The summed E-state index contributed by atoms with van der Waals surface area (Å²) in [6.07, 6.45) is 3.04. The predicted octanol–water partition coefficient (Wildman–Crippen LogP) is 2.80. The summed E-state index contributed by atoms with van der Waals surface area (Å²) in [4.78, 5) is 14.9. The maximum absolute atomic E-state index is 10.8. The zero-order chi connectivity index (χ0) is 14.0. The standard InChI is InChI=1S/C13H17ClN2O3/c1-13(2)6-9(3-4-19-13)16-11-10(14)5-8(7-15-11)12(17)18/h5,7,9H,3-4,6H2,1-2H3,(H,15,16)(H,17,18). The molecule has 2 N–H and O–H groups in total. The summed E-state index contributed by atoms with van der Waals surface area (Å²) in [7, 11) is 0. The van der Waals surface area contributed by atoms with Gasteiger partial charge < -0.3 is 15.2 Å². The number of nitrogens with one attached hydrogen (secondary N) is 1. The van der Waals surface area contributed by atoms with Gasteiger partial charge >= 0.3 is 5.97 Å². The first-order chi connectivity index (χ1) is 8.87. The number of hydrogen-bond donors (Lipinski definition) is 2. The molecule has 0 radical (unpaired) electrons. The molecule has 0 aromatic carbocycles. The van der Waals surface area contributed by atoms with Gasteiger partial charge in [-0.15, -0.1) is 0 Å². The minimum absolute atomic E-state index is 0.0860. The van der Waals surface area contributed by atoms with E-state index in [1.165, 1.54) is 12.3 Å². The van der Waals surface area contributed by atoms with Crippen LogP contribution in [0.25, 0.3) is 0 Å². The average molecular weight is 285 g/mol. The van der Waals surface area contributed by atoms with E-state index < -0.39 is 5.97 Å². The van der Waals surface area contributed by atoms with Crippen LogP contribution in [-0.2, 0) is 4.74 Å². The summed E-state index contributed by atoms with van der Waals surface area (Å²) in [5.74, 6) is -0.512. The van der Waals surface area contributed by atoms with Gasteiger partial charge in [-0.1, -0.05) is 11.6 Å². The molecule has 0 spiro atoms. The summed E-state index contributed by atoms with van der Waals surface area (Å²) in [6, 6.07) is 1.63. The van der Waals surface area contributed by atoms with Crippen molar-refractivity contribution in [3.63, 3.8) is 0 Å². The molecule has 6 heteroatoms. The molecule has 0 aliphatic carbocycles. The van der Waals surface area contributed by atoms with E-state index in [-0.39, 0.29) is 17.2 Å². The highest BCUT2D eigenvalue weighted by Gasteiger charge is 2.29. The number of anilines is 1. The van der Waals surface area contributed by atoms with Crippen molar-refractivity contribution in [2.45, 2.75) is 38.3 Å². The Bertz CT molecular complexity index is 491. The Hall–Kier alpha value is -1.33. The van der Waals surface area contributed by atoms with Crippen LogP contribution >= 0.6 is 11.6 Å². The van der Waals surface area contributed by atoms with Crippen LogP contribution in [-0.4, -0.2) is 34.3 Å². The van der Waals surface area contributed by atoms with Crippen molar-refractivity contribution < 1.29 is 14.6 Å². The van der Waals surface area contributed by atoms with Crippen molar-refractivity contribution in [2.24, 2.45) is 0 Å². The van der Waals surface area contributed by atoms with Gasteiger partial charge in [0.25, 0.3) is 0 Å². The van der Waals surface area contributed by atoms with Crippen LogP contribution in [0.2, 0.25) is 5.02 Å². The summed E-state index contributed by atoms with van der Waals surface area (Å²) in [5.41, 5.74) is -0.0773. The van der Waals surface area contributed by atoms with E-state index in [2.05, 4.69) is 10.3 Å². The van der Waals surface area contributed by atoms with Gasteiger partial charge in [0.05, 0.1) is 16.2 Å². The molecule has 1 unspecified atom stereocenters. The molecular formula is C13H17ClN2O3.